The fourth-order valence-corrected chi connectivity index (χ4v) is 2.17. The molecule has 1 atom stereocenters. The zero-order chi connectivity index (χ0) is 11.5. The number of hydrogen-bond acceptors (Lipinski definition) is 2. The molecule has 2 rings (SSSR count). The number of carbonyl (C=O) groups excluding carboxylic acids is 1. The van der Waals surface area contributed by atoms with Gasteiger partial charge in [-0.1, -0.05) is 28.1 Å². The summed E-state index contributed by atoms with van der Waals surface area (Å²) in [6.45, 7) is 1.51. The number of amides is 1. The van der Waals surface area contributed by atoms with E-state index in [1.165, 1.54) is 0 Å². The smallest absolute Gasteiger partial charge is 0.227 e. The minimum absolute atomic E-state index is 0.161. The maximum Gasteiger partial charge on any atom is 0.227 e. The first kappa shape index (κ1) is 11.6. The summed E-state index contributed by atoms with van der Waals surface area (Å²) in [5.74, 6) is 0.176. The number of halogens is 1. The van der Waals surface area contributed by atoms with Crippen LogP contribution in [-0.2, 0) is 11.2 Å². The second-order valence-electron chi connectivity index (χ2n) is 4.19. The van der Waals surface area contributed by atoms with E-state index < -0.39 is 0 Å². The second-order valence-corrected chi connectivity index (χ2v) is 5.11. The van der Waals surface area contributed by atoms with Crippen LogP contribution in [0.15, 0.2) is 28.7 Å². The van der Waals surface area contributed by atoms with E-state index in [0.29, 0.717) is 13.0 Å². The summed E-state index contributed by atoms with van der Waals surface area (Å²) in [5.41, 5.74) is 6.83. The van der Waals surface area contributed by atoms with Crippen LogP contribution in [0.2, 0.25) is 0 Å². The maximum absolute atomic E-state index is 11.9. The van der Waals surface area contributed by atoms with E-state index in [4.69, 9.17) is 5.73 Å². The molecule has 2 N–H and O–H groups in total. The topological polar surface area (TPSA) is 46.3 Å². The van der Waals surface area contributed by atoms with Gasteiger partial charge in [0.15, 0.2) is 0 Å². The van der Waals surface area contributed by atoms with Crippen molar-refractivity contribution < 1.29 is 4.79 Å². The van der Waals surface area contributed by atoms with E-state index in [1.54, 1.807) is 0 Å². The van der Waals surface area contributed by atoms with Gasteiger partial charge in [0.25, 0.3) is 0 Å². The fraction of sp³-hybridized carbons (Fsp3) is 0.417. The molecule has 0 aromatic heterocycles. The van der Waals surface area contributed by atoms with E-state index in [0.717, 1.165) is 23.0 Å². The van der Waals surface area contributed by atoms with Gasteiger partial charge in [-0.2, -0.15) is 0 Å². The Morgan fingerprint density at radius 1 is 1.44 bits per heavy atom. The molecule has 0 bridgehead atoms. The minimum atomic E-state index is 0.161. The van der Waals surface area contributed by atoms with E-state index in [1.807, 2.05) is 29.2 Å². The Labute approximate surface area is 104 Å². The largest absolute Gasteiger partial charge is 0.341 e. The summed E-state index contributed by atoms with van der Waals surface area (Å²) in [6, 6.07) is 8.01. The van der Waals surface area contributed by atoms with Crippen LogP contribution in [0, 0.1) is 0 Å². The third-order valence-corrected chi connectivity index (χ3v) is 3.37. The summed E-state index contributed by atoms with van der Waals surface area (Å²) >= 11 is 3.37. The number of carbonyl (C=O) groups is 1. The molecule has 3 nitrogen and oxygen atoms in total. The molecule has 1 fully saturated rings. The molecule has 1 aromatic carbocycles. The normalized spacial score (nSPS) is 20.1. The van der Waals surface area contributed by atoms with Crippen LogP contribution < -0.4 is 5.73 Å². The fourth-order valence-electron chi connectivity index (χ4n) is 1.90. The predicted molar refractivity (Wildman–Crippen MR) is 67.0 cm³/mol. The molecule has 1 amide bonds. The van der Waals surface area contributed by atoms with Gasteiger partial charge in [-0.05, 0) is 24.1 Å². The van der Waals surface area contributed by atoms with Gasteiger partial charge in [-0.3, -0.25) is 4.79 Å². The van der Waals surface area contributed by atoms with Gasteiger partial charge in [0.05, 0.1) is 6.42 Å². The Balaban J connectivity index is 1.94. The third-order valence-electron chi connectivity index (χ3n) is 2.85. The second kappa shape index (κ2) is 4.97. The van der Waals surface area contributed by atoms with Crippen molar-refractivity contribution in [2.45, 2.75) is 18.9 Å². The summed E-state index contributed by atoms with van der Waals surface area (Å²) in [6.07, 6.45) is 1.39. The number of nitrogens with two attached hydrogens (primary N) is 1. The first-order valence-corrected chi connectivity index (χ1v) is 6.22. The highest BCUT2D eigenvalue weighted by Crippen LogP contribution is 2.13. The molecule has 1 unspecified atom stereocenters. The lowest BCUT2D eigenvalue weighted by Crippen LogP contribution is -2.32. The molecule has 1 heterocycles. The molecule has 1 aromatic rings. The molecule has 1 aliphatic rings. The maximum atomic E-state index is 11.9. The van der Waals surface area contributed by atoms with Gasteiger partial charge in [-0.15, -0.1) is 0 Å². The van der Waals surface area contributed by atoms with Crippen molar-refractivity contribution in [1.82, 2.24) is 4.90 Å². The van der Waals surface area contributed by atoms with E-state index in [2.05, 4.69) is 15.9 Å². The Morgan fingerprint density at radius 3 is 2.69 bits per heavy atom. The van der Waals surface area contributed by atoms with Gasteiger partial charge < -0.3 is 10.6 Å². The number of hydrogen-bond donors (Lipinski definition) is 1. The molecule has 0 saturated carbocycles. The molecule has 1 aliphatic heterocycles. The summed E-state index contributed by atoms with van der Waals surface area (Å²) in [5, 5.41) is 0. The Bertz CT molecular complexity index is 377. The first-order valence-electron chi connectivity index (χ1n) is 5.43. The van der Waals surface area contributed by atoms with Crippen molar-refractivity contribution >= 4 is 21.8 Å². The Morgan fingerprint density at radius 2 is 2.12 bits per heavy atom. The van der Waals surface area contributed by atoms with Crippen molar-refractivity contribution in [3.05, 3.63) is 34.3 Å². The van der Waals surface area contributed by atoms with Crippen molar-refractivity contribution in [3.8, 4) is 0 Å². The van der Waals surface area contributed by atoms with Gasteiger partial charge in [0.1, 0.15) is 0 Å². The minimum Gasteiger partial charge on any atom is -0.341 e. The molecule has 0 aliphatic carbocycles. The Hall–Kier alpha value is -0.870. The molecule has 0 spiro atoms. The van der Waals surface area contributed by atoms with Crippen LogP contribution >= 0.6 is 15.9 Å². The first-order chi connectivity index (χ1) is 7.65. The molecular formula is C12H15BrN2O. The number of likely N-dealkylation sites (tertiary alicyclic amines) is 1. The summed E-state index contributed by atoms with van der Waals surface area (Å²) < 4.78 is 1.03. The van der Waals surface area contributed by atoms with Gasteiger partial charge in [-0.25, -0.2) is 0 Å². The lowest BCUT2D eigenvalue weighted by Gasteiger charge is -2.15. The molecule has 1 saturated heterocycles. The molecule has 86 valence electrons. The zero-order valence-electron chi connectivity index (χ0n) is 9.03. The van der Waals surface area contributed by atoms with E-state index in [9.17, 15) is 4.79 Å². The molecule has 16 heavy (non-hydrogen) atoms. The van der Waals surface area contributed by atoms with Crippen LogP contribution in [0.25, 0.3) is 0 Å². The SMILES string of the molecule is NC1CCN(C(=O)Cc2ccc(Br)cc2)C1. The highest BCUT2D eigenvalue weighted by atomic mass is 79.9. The van der Waals surface area contributed by atoms with Gasteiger partial charge in [0.2, 0.25) is 5.91 Å². The predicted octanol–water partition coefficient (Wildman–Crippen LogP) is 1.55. The average Bonchev–Trinajstić information content (AvgIpc) is 2.68. The van der Waals surface area contributed by atoms with E-state index >= 15 is 0 Å². The molecular weight excluding hydrogens is 268 g/mol. The molecule has 0 radical (unpaired) electrons. The van der Waals surface area contributed by atoms with Crippen LogP contribution in [-0.4, -0.2) is 29.9 Å². The highest BCUT2D eigenvalue weighted by Gasteiger charge is 2.23. The number of rotatable bonds is 2. The van der Waals surface area contributed by atoms with Crippen molar-refractivity contribution in [2.24, 2.45) is 5.73 Å². The lowest BCUT2D eigenvalue weighted by molar-refractivity contribution is -0.129. The standard InChI is InChI=1S/C12H15BrN2O/c13-10-3-1-9(2-4-10)7-12(16)15-6-5-11(14)8-15/h1-4,11H,5-8,14H2. The van der Waals surface area contributed by atoms with Crippen molar-refractivity contribution in [2.75, 3.05) is 13.1 Å². The van der Waals surface area contributed by atoms with Crippen molar-refractivity contribution in [1.29, 1.82) is 0 Å². The molecule has 4 heteroatoms. The van der Waals surface area contributed by atoms with Gasteiger partial charge >= 0.3 is 0 Å². The number of nitrogens with zero attached hydrogens (tertiary/aromatic N) is 1. The third kappa shape index (κ3) is 2.83. The van der Waals surface area contributed by atoms with Crippen LogP contribution in [0.3, 0.4) is 0 Å². The van der Waals surface area contributed by atoms with Crippen LogP contribution in [0.1, 0.15) is 12.0 Å². The van der Waals surface area contributed by atoms with Gasteiger partial charge in [0, 0.05) is 23.6 Å². The highest BCUT2D eigenvalue weighted by molar-refractivity contribution is 9.10. The monoisotopic (exact) mass is 282 g/mol. The zero-order valence-corrected chi connectivity index (χ0v) is 10.6. The summed E-state index contributed by atoms with van der Waals surface area (Å²) in [7, 11) is 0. The van der Waals surface area contributed by atoms with Crippen LogP contribution in [0.5, 0.6) is 0 Å². The summed E-state index contributed by atoms with van der Waals surface area (Å²) in [4.78, 5) is 13.8. The lowest BCUT2D eigenvalue weighted by atomic mass is 10.1. The Kier molecular flexibility index (Phi) is 3.61. The van der Waals surface area contributed by atoms with Crippen LogP contribution in [0.4, 0.5) is 0 Å². The quantitative estimate of drug-likeness (QED) is 0.895. The van der Waals surface area contributed by atoms with Crippen molar-refractivity contribution in [3.63, 3.8) is 0 Å². The van der Waals surface area contributed by atoms with E-state index in [-0.39, 0.29) is 11.9 Å². The number of benzene rings is 1. The average molecular weight is 283 g/mol.